The van der Waals surface area contributed by atoms with E-state index in [-0.39, 0.29) is 34.5 Å². The molecule has 0 fully saturated rings. The van der Waals surface area contributed by atoms with Crippen molar-refractivity contribution in [1.29, 1.82) is 0 Å². The van der Waals surface area contributed by atoms with Crippen LogP contribution in [-0.4, -0.2) is 35.3 Å². The van der Waals surface area contributed by atoms with E-state index in [9.17, 15) is 14.7 Å². The first-order chi connectivity index (χ1) is 15.0. The lowest BCUT2D eigenvalue weighted by Crippen LogP contribution is -2.31. The number of ether oxygens (including phenoxy) is 2. The Morgan fingerprint density at radius 3 is 2.48 bits per heavy atom. The number of aromatic hydroxyl groups is 1. The van der Waals surface area contributed by atoms with E-state index in [1.54, 1.807) is 23.5 Å². The lowest BCUT2D eigenvalue weighted by Gasteiger charge is -2.34. The molecule has 1 aromatic carbocycles. The molecule has 8 nitrogen and oxygen atoms in total. The maximum atomic E-state index is 13.4. The van der Waals surface area contributed by atoms with E-state index in [2.05, 4.69) is 15.5 Å². The number of carbonyl (C=O) groups is 1. The Bertz CT molecular complexity index is 1230. The predicted octanol–water partition coefficient (Wildman–Crippen LogP) is 3.45. The molecule has 2 aliphatic rings. The SMILES string of the molecule is COc1cc([C@H]2C3=C(C[C@H](c4cccs4)CC3=O)Nc3[nH][nH]c(=O)c32)cc(OC)c1O. The summed E-state index contributed by atoms with van der Waals surface area (Å²) in [6.45, 7) is 0. The van der Waals surface area contributed by atoms with Crippen molar-refractivity contribution in [3.63, 3.8) is 0 Å². The number of phenolic OH excluding ortho intramolecular Hbond substituents is 1. The van der Waals surface area contributed by atoms with E-state index in [0.717, 1.165) is 5.70 Å². The van der Waals surface area contributed by atoms with Gasteiger partial charge in [-0.05, 0) is 35.6 Å². The van der Waals surface area contributed by atoms with Crippen LogP contribution < -0.4 is 20.3 Å². The lowest BCUT2D eigenvalue weighted by molar-refractivity contribution is -0.116. The van der Waals surface area contributed by atoms with Crippen LogP contribution in [0.1, 0.15) is 40.7 Å². The van der Waals surface area contributed by atoms with Crippen molar-refractivity contribution in [1.82, 2.24) is 10.2 Å². The van der Waals surface area contributed by atoms with E-state index in [1.165, 1.54) is 19.1 Å². The van der Waals surface area contributed by atoms with E-state index in [1.807, 2.05) is 17.5 Å². The first-order valence-corrected chi connectivity index (χ1v) is 10.7. The maximum Gasteiger partial charge on any atom is 0.270 e. The van der Waals surface area contributed by atoms with E-state index in [4.69, 9.17) is 9.47 Å². The maximum absolute atomic E-state index is 13.4. The molecule has 0 amide bonds. The number of benzene rings is 1. The summed E-state index contributed by atoms with van der Waals surface area (Å²) in [4.78, 5) is 27.3. The average Bonchev–Trinajstić information content (AvgIpc) is 3.43. The zero-order valence-electron chi connectivity index (χ0n) is 16.9. The van der Waals surface area contributed by atoms with Gasteiger partial charge in [-0.3, -0.25) is 19.8 Å². The summed E-state index contributed by atoms with van der Waals surface area (Å²) in [5.74, 6) is 0.310. The molecule has 9 heteroatoms. The zero-order valence-corrected chi connectivity index (χ0v) is 17.8. The molecule has 3 aromatic rings. The number of aromatic nitrogens is 2. The van der Waals surface area contributed by atoms with Gasteiger partial charge < -0.3 is 19.9 Å². The fraction of sp³-hybridized carbons (Fsp3) is 0.273. The quantitative estimate of drug-likeness (QED) is 0.495. The Balaban J connectivity index is 1.69. The van der Waals surface area contributed by atoms with Gasteiger partial charge in [0.1, 0.15) is 5.82 Å². The standard InChI is InChI=1S/C22H21N3O5S/c1-29-14-8-11(9-15(30-2)20(14)27)17-18-12(23-21-19(17)22(28)25-24-21)6-10(7-13(18)26)16-4-3-5-31-16/h3-5,8-10,17,27H,6-7H2,1-2H3,(H3,23,24,25,28)/t10-,17-/m0/s1. The number of nitrogens with one attached hydrogen (secondary N) is 3. The number of thiophene rings is 1. The number of aromatic amines is 2. The van der Waals surface area contributed by atoms with Gasteiger partial charge in [0, 0.05) is 34.4 Å². The number of hydrogen-bond acceptors (Lipinski definition) is 7. The number of phenols is 1. The van der Waals surface area contributed by atoms with Crippen LogP contribution in [0.5, 0.6) is 17.2 Å². The molecule has 0 unspecified atom stereocenters. The molecule has 4 N–H and O–H groups in total. The number of Topliss-reactive ketones (excluding diaryl/α,β-unsaturated/α-hetero) is 1. The third-order valence-electron chi connectivity index (χ3n) is 5.96. The van der Waals surface area contributed by atoms with Gasteiger partial charge >= 0.3 is 0 Å². The van der Waals surface area contributed by atoms with E-state index in [0.29, 0.717) is 35.4 Å². The Morgan fingerprint density at radius 1 is 1.10 bits per heavy atom. The highest BCUT2D eigenvalue weighted by Crippen LogP contribution is 2.49. The van der Waals surface area contributed by atoms with Crippen molar-refractivity contribution in [2.75, 3.05) is 19.5 Å². The van der Waals surface area contributed by atoms with Crippen LogP contribution in [0.25, 0.3) is 0 Å². The number of methoxy groups -OCH3 is 2. The minimum atomic E-state index is -0.610. The molecule has 160 valence electrons. The summed E-state index contributed by atoms with van der Waals surface area (Å²) in [6.07, 6.45) is 1.04. The van der Waals surface area contributed by atoms with Crippen molar-refractivity contribution in [2.45, 2.75) is 24.7 Å². The molecule has 2 aromatic heterocycles. The van der Waals surface area contributed by atoms with E-state index < -0.39 is 5.92 Å². The second kappa shape index (κ2) is 7.35. The van der Waals surface area contributed by atoms with Crippen molar-refractivity contribution in [3.8, 4) is 17.2 Å². The minimum Gasteiger partial charge on any atom is -0.502 e. The normalized spacial score (nSPS) is 20.1. The van der Waals surface area contributed by atoms with Crippen LogP contribution >= 0.6 is 11.3 Å². The van der Waals surface area contributed by atoms with Crippen LogP contribution in [0.3, 0.4) is 0 Å². The van der Waals surface area contributed by atoms with Gasteiger partial charge in [-0.2, -0.15) is 0 Å². The van der Waals surface area contributed by atoms with Crippen molar-refractivity contribution in [3.05, 3.63) is 67.3 Å². The lowest BCUT2D eigenvalue weighted by atomic mass is 9.74. The highest BCUT2D eigenvalue weighted by atomic mass is 32.1. The van der Waals surface area contributed by atoms with Gasteiger partial charge in [0.2, 0.25) is 5.75 Å². The van der Waals surface area contributed by atoms with Crippen molar-refractivity contribution < 1.29 is 19.4 Å². The van der Waals surface area contributed by atoms with Crippen molar-refractivity contribution >= 4 is 22.9 Å². The number of anilines is 1. The van der Waals surface area contributed by atoms with Gasteiger partial charge in [-0.15, -0.1) is 11.3 Å². The fourth-order valence-electron chi connectivity index (χ4n) is 4.56. The van der Waals surface area contributed by atoms with Crippen LogP contribution in [0, 0.1) is 0 Å². The number of allylic oxidation sites excluding steroid dienone is 2. The highest BCUT2D eigenvalue weighted by Gasteiger charge is 2.41. The molecule has 31 heavy (non-hydrogen) atoms. The molecule has 0 saturated heterocycles. The molecule has 5 rings (SSSR count). The molecule has 2 atom stereocenters. The second-order valence-electron chi connectivity index (χ2n) is 7.64. The molecule has 1 aliphatic carbocycles. The Kier molecular flexibility index (Phi) is 4.62. The predicted molar refractivity (Wildman–Crippen MR) is 116 cm³/mol. The summed E-state index contributed by atoms with van der Waals surface area (Å²) < 4.78 is 10.6. The highest BCUT2D eigenvalue weighted by molar-refractivity contribution is 7.10. The summed E-state index contributed by atoms with van der Waals surface area (Å²) in [5, 5.41) is 21.1. The summed E-state index contributed by atoms with van der Waals surface area (Å²) in [5.41, 5.74) is 2.12. The number of rotatable bonds is 4. The third-order valence-corrected chi connectivity index (χ3v) is 6.99. The van der Waals surface area contributed by atoms with Gasteiger partial charge in [0.15, 0.2) is 17.3 Å². The van der Waals surface area contributed by atoms with Gasteiger partial charge in [0.05, 0.1) is 19.8 Å². The first kappa shape index (κ1) is 19.5. The van der Waals surface area contributed by atoms with Crippen LogP contribution in [0.2, 0.25) is 0 Å². The Labute approximate surface area is 181 Å². The molecule has 3 heterocycles. The molecular formula is C22H21N3O5S. The molecular weight excluding hydrogens is 418 g/mol. The number of fused-ring (bicyclic) bond motifs is 1. The number of H-pyrrole nitrogens is 2. The zero-order chi connectivity index (χ0) is 21.7. The molecule has 0 spiro atoms. The molecule has 0 radical (unpaired) electrons. The average molecular weight is 439 g/mol. The number of hydrogen-bond donors (Lipinski definition) is 4. The van der Waals surface area contributed by atoms with Crippen LogP contribution in [-0.2, 0) is 4.79 Å². The molecule has 0 bridgehead atoms. The second-order valence-corrected chi connectivity index (χ2v) is 8.62. The summed E-state index contributed by atoms with van der Waals surface area (Å²) in [7, 11) is 2.88. The number of carbonyl (C=O) groups excluding carboxylic acids is 1. The first-order valence-electron chi connectivity index (χ1n) is 9.83. The summed E-state index contributed by atoms with van der Waals surface area (Å²) >= 11 is 1.64. The minimum absolute atomic E-state index is 0.00518. The van der Waals surface area contributed by atoms with Crippen LogP contribution in [0.4, 0.5) is 5.82 Å². The summed E-state index contributed by atoms with van der Waals surface area (Å²) in [6, 6.07) is 7.33. The van der Waals surface area contributed by atoms with E-state index >= 15 is 0 Å². The Hall–Kier alpha value is -3.46. The Morgan fingerprint density at radius 2 is 1.84 bits per heavy atom. The number of ketones is 1. The van der Waals surface area contributed by atoms with Crippen molar-refractivity contribution in [2.24, 2.45) is 0 Å². The van der Waals surface area contributed by atoms with Gasteiger partial charge in [-0.1, -0.05) is 6.07 Å². The topological polar surface area (TPSA) is 116 Å². The van der Waals surface area contributed by atoms with Crippen LogP contribution in [0.15, 0.2) is 45.7 Å². The largest absolute Gasteiger partial charge is 0.502 e. The smallest absolute Gasteiger partial charge is 0.270 e. The third kappa shape index (κ3) is 3.04. The monoisotopic (exact) mass is 439 g/mol. The van der Waals surface area contributed by atoms with Gasteiger partial charge in [-0.25, -0.2) is 0 Å². The molecule has 0 saturated carbocycles. The molecule has 1 aliphatic heterocycles. The fourth-order valence-corrected chi connectivity index (χ4v) is 5.39. The van der Waals surface area contributed by atoms with Gasteiger partial charge in [0.25, 0.3) is 5.56 Å².